The molecule has 2 rings (SSSR count). The number of ether oxygens (including phenoxy) is 1. The number of nitrogens with zero attached hydrogens (tertiary/aromatic N) is 2. The molecule has 0 unspecified atom stereocenters. The fraction of sp³-hybridized carbons (Fsp3) is 0.385. The Labute approximate surface area is 119 Å². The van der Waals surface area contributed by atoms with Gasteiger partial charge in [-0.15, -0.1) is 0 Å². The highest BCUT2D eigenvalue weighted by molar-refractivity contribution is 5.99. The van der Waals surface area contributed by atoms with Gasteiger partial charge in [0, 0.05) is 13.1 Å². The van der Waals surface area contributed by atoms with Crippen LogP contribution < -0.4 is 0 Å². The third-order valence-electron chi connectivity index (χ3n) is 2.92. The first-order chi connectivity index (χ1) is 9.88. The molecular formula is C13H13FN2O5. The molecule has 0 aromatic heterocycles. The monoisotopic (exact) mass is 296 g/mol. The lowest BCUT2D eigenvalue weighted by molar-refractivity contribution is -0.385. The van der Waals surface area contributed by atoms with Crippen LogP contribution in [0.2, 0.25) is 0 Å². The lowest BCUT2D eigenvalue weighted by Gasteiger charge is -2.16. The number of rotatable bonds is 5. The molecule has 7 nitrogen and oxygen atoms in total. The van der Waals surface area contributed by atoms with Gasteiger partial charge in [-0.25, -0.2) is 4.39 Å². The summed E-state index contributed by atoms with van der Waals surface area (Å²) in [5.41, 5.74) is -0.912. The van der Waals surface area contributed by atoms with Gasteiger partial charge in [0.05, 0.1) is 4.92 Å². The summed E-state index contributed by atoms with van der Waals surface area (Å²) in [6.45, 7) is -0.344. The number of carbonyl (C=O) groups excluding carboxylic acids is 2. The predicted octanol–water partition coefficient (Wildman–Crippen LogP) is 1.51. The maximum Gasteiger partial charge on any atom is 0.325 e. The molecule has 1 aromatic carbocycles. The van der Waals surface area contributed by atoms with Crippen LogP contribution >= 0.6 is 0 Å². The van der Waals surface area contributed by atoms with Crippen LogP contribution in [0.15, 0.2) is 18.2 Å². The number of hydrogen-bond acceptors (Lipinski definition) is 5. The van der Waals surface area contributed by atoms with Gasteiger partial charge in [-0.1, -0.05) is 0 Å². The average molecular weight is 296 g/mol. The Bertz CT molecular complexity index is 600. The highest BCUT2D eigenvalue weighted by atomic mass is 19.1. The number of nitro benzene ring substituents is 1. The van der Waals surface area contributed by atoms with Gasteiger partial charge in [-0.2, -0.15) is 0 Å². The number of benzene rings is 1. The maximum absolute atomic E-state index is 13.2. The van der Waals surface area contributed by atoms with Crippen LogP contribution in [-0.4, -0.2) is 41.4 Å². The Morgan fingerprint density at radius 3 is 2.71 bits per heavy atom. The summed E-state index contributed by atoms with van der Waals surface area (Å²) in [4.78, 5) is 34.7. The molecule has 1 aliphatic rings. The minimum Gasteiger partial charge on any atom is -0.461 e. The molecule has 1 aliphatic carbocycles. The number of nitro groups is 1. The molecule has 1 fully saturated rings. The highest BCUT2D eigenvalue weighted by Gasteiger charge is 2.28. The second kappa shape index (κ2) is 5.86. The molecule has 0 atom stereocenters. The highest BCUT2D eigenvalue weighted by Crippen LogP contribution is 2.24. The topological polar surface area (TPSA) is 89.8 Å². The SMILES string of the molecule is CN(CC(=O)OC1CC1)C(=O)c1cc(F)ccc1[N+](=O)[O-]. The third kappa shape index (κ3) is 3.74. The van der Waals surface area contributed by atoms with E-state index >= 15 is 0 Å². The second-order valence-corrected chi connectivity index (χ2v) is 4.77. The number of likely N-dealkylation sites (N-methyl/N-ethyl adjacent to an activating group) is 1. The van der Waals surface area contributed by atoms with E-state index in [1.54, 1.807) is 0 Å². The maximum atomic E-state index is 13.2. The van der Waals surface area contributed by atoms with Gasteiger partial charge in [0.2, 0.25) is 0 Å². The fourth-order valence-corrected chi connectivity index (χ4v) is 1.72. The zero-order chi connectivity index (χ0) is 15.6. The molecule has 0 spiro atoms. The van der Waals surface area contributed by atoms with Crippen LogP contribution in [0.25, 0.3) is 0 Å². The Kier molecular flexibility index (Phi) is 4.15. The lowest BCUT2D eigenvalue weighted by Crippen LogP contribution is -2.33. The van der Waals surface area contributed by atoms with E-state index < -0.39 is 33.9 Å². The second-order valence-electron chi connectivity index (χ2n) is 4.77. The van der Waals surface area contributed by atoms with Crippen molar-refractivity contribution in [2.75, 3.05) is 13.6 Å². The largest absolute Gasteiger partial charge is 0.461 e. The molecule has 0 heterocycles. The van der Waals surface area contributed by atoms with Gasteiger partial charge in [-0.3, -0.25) is 19.7 Å². The summed E-state index contributed by atoms with van der Waals surface area (Å²) in [5, 5.41) is 10.9. The molecule has 0 bridgehead atoms. The zero-order valence-electron chi connectivity index (χ0n) is 11.2. The zero-order valence-corrected chi connectivity index (χ0v) is 11.2. The van der Waals surface area contributed by atoms with Crippen molar-refractivity contribution in [3.8, 4) is 0 Å². The van der Waals surface area contributed by atoms with Gasteiger partial charge in [-0.05, 0) is 25.0 Å². The lowest BCUT2D eigenvalue weighted by atomic mass is 10.1. The van der Waals surface area contributed by atoms with Crippen molar-refractivity contribution in [1.82, 2.24) is 4.90 Å². The quantitative estimate of drug-likeness (QED) is 0.467. The Balaban J connectivity index is 2.12. The number of esters is 1. The first-order valence-electron chi connectivity index (χ1n) is 6.27. The Morgan fingerprint density at radius 2 is 2.14 bits per heavy atom. The van der Waals surface area contributed by atoms with Crippen molar-refractivity contribution in [2.45, 2.75) is 18.9 Å². The van der Waals surface area contributed by atoms with E-state index in [4.69, 9.17) is 4.74 Å². The van der Waals surface area contributed by atoms with Crippen molar-refractivity contribution >= 4 is 17.6 Å². The van der Waals surface area contributed by atoms with Crippen molar-refractivity contribution in [3.63, 3.8) is 0 Å². The molecule has 21 heavy (non-hydrogen) atoms. The van der Waals surface area contributed by atoms with E-state index in [0.29, 0.717) is 0 Å². The van der Waals surface area contributed by atoms with Crippen LogP contribution in [0.5, 0.6) is 0 Å². The van der Waals surface area contributed by atoms with Crippen molar-refractivity contribution in [2.24, 2.45) is 0 Å². The normalized spacial score (nSPS) is 13.6. The number of halogens is 1. The van der Waals surface area contributed by atoms with Gasteiger partial charge in [0.15, 0.2) is 0 Å². The summed E-state index contributed by atoms with van der Waals surface area (Å²) in [6, 6.07) is 2.60. The van der Waals surface area contributed by atoms with Gasteiger partial charge in [0.1, 0.15) is 24.0 Å². The van der Waals surface area contributed by atoms with Crippen LogP contribution in [0.1, 0.15) is 23.2 Å². The molecule has 1 saturated carbocycles. The summed E-state index contributed by atoms with van der Waals surface area (Å²) in [7, 11) is 1.30. The summed E-state index contributed by atoms with van der Waals surface area (Å²) in [5.74, 6) is -2.17. The minimum absolute atomic E-state index is 0.0930. The van der Waals surface area contributed by atoms with E-state index in [1.807, 2.05) is 0 Å². The van der Waals surface area contributed by atoms with Crippen LogP contribution in [0.4, 0.5) is 10.1 Å². The molecule has 0 radical (unpaired) electrons. The molecule has 112 valence electrons. The summed E-state index contributed by atoms with van der Waals surface area (Å²) in [6.07, 6.45) is 1.52. The van der Waals surface area contributed by atoms with E-state index in [2.05, 4.69) is 0 Å². The first-order valence-corrected chi connectivity index (χ1v) is 6.27. The minimum atomic E-state index is -0.811. The van der Waals surface area contributed by atoms with Gasteiger partial charge >= 0.3 is 5.97 Å². The molecule has 1 amide bonds. The predicted molar refractivity (Wildman–Crippen MR) is 69.1 cm³/mol. The standard InChI is InChI=1S/C13H13FN2O5/c1-15(7-12(17)21-9-3-4-9)13(18)10-6-8(14)2-5-11(10)16(19)20/h2,5-6,9H,3-4,7H2,1H3. The number of amides is 1. The first kappa shape index (κ1) is 14.9. The molecule has 0 aliphatic heterocycles. The van der Waals surface area contributed by atoms with E-state index in [0.717, 1.165) is 35.9 Å². The number of carbonyl (C=O) groups is 2. The third-order valence-corrected chi connectivity index (χ3v) is 2.92. The van der Waals surface area contributed by atoms with E-state index in [-0.39, 0.29) is 12.6 Å². The van der Waals surface area contributed by atoms with Gasteiger partial charge in [0.25, 0.3) is 11.6 Å². The Morgan fingerprint density at radius 1 is 1.48 bits per heavy atom. The molecule has 8 heteroatoms. The Hall–Kier alpha value is -2.51. The van der Waals surface area contributed by atoms with E-state index in [9.17, 15) is 24.1 Å². The average Bonchev–Trinajstić information content (AvgIpc) is 3.20. The smallest absolute Gasteiger partial charge is 0.325 e. The fourth-order valence-electron chi connectivity index (χ4n) is 1.72. The van der Waals surface area contributed by atoms with Gasteiger partial charge < -0.3 is 9.64 Å². The van der Waals surface area contributed by atoms with E-state index in [1.165, 1.54) is 7.05 Å². The van der Waals surface area contributed by atoms with Crippen molar-refractivity contribution in [3.05, 3.63) is 39.7 Å². The van der Waals surface area contributed by atoms with Crippen molar-refractivity contribution < 1.29 is 23.6 Å². The number of hydrogen-bond donors (Lipinski definition) is 0. The molecule has 0 N–H and O–H groups in total. The van der Waals surface area contributed by atoms with Crippen molar-refractivity contribution in [1.29, 1.82) is 0 Å². The van der Waals surface area contributed by atoms with Crippen LogP contribution in [0.3, 0.4) is 0 Å². The van der Waals surface area contributed by atoms with Crippen LogP contribution in [0, 0.1) is 15.9 Å². The summed E-state index contributed by atoms with van der Waals surface area (Å²) >= 11 is 0. The summed E-state index contributed by atoms with van der Waals surface area (Å²) < 4.78 is 18.2. The van der Waals surface area contributed by atoms with Crippen LogP contribution in [-0.2, 0) is 9.53 Å². The molecular weight excluding hydrogens is 283 g/mol. The molecule has 1 aromatic rings. The molecule has 0 saturated heterocycles.